The van der Waals surface area contributed by atoms with Gasteiger partial charge in [0.2, 0.25) is 0 Å². The molecule has 0 saturated carbocycles. The maximum Gasteiger partial charge on any atom is 0.472 e. The summed E-state index contributed by atoms with van der Waals surface area (Å²) < 4.78 is 34.2. The fraction of sp³-hybridized carbons (Fsp3) is 0.900. The number of carbonyl (C=O) groups excluding carboxylic acids is 2. The van der Waals surface area contributed by atoms with E-state index in [0.29, 0.717) is 23.9 Å². The Kier molecular flexibility index (Phi) is 32.7. The van der Waals surface area contributed by atoms with Gasteiger partial charge in [-0.15, -0.1) is 6.58 Å². The van der Waals surface area contributed by atoms with Crippen LogP contribution >= 0.6 is 7.82 Å². The Hall–Kier alpha value is -1.25. The van der Waals surface area contributed by atoms with E-state index in [2.05, 4.69) is 13.5 Å². The number of carbonyl (C=O) groups is 2. The Morgan fingerprint density at radius 3 is 1.50 bits per heavy atom. The highest BCUT2D eigenvalue weighted by atomic mass is 31.2. The molecule has 50 heavy (non-hydrogen) atoms. The molecule has 0 saturated heterocycles. The van der Waals surface area contributed by atoms with Crippen LogP contribution in [0.25, 0.3) is 0 Å². The van der Waals surface area contributed by atoms with Crippen molar-refractivity contribution in [2.45, 2.75) is 186 Å². The topological polar surface area (TPSA) is 108 Å². The zero-order chi connectivity index (χ0) is 37.2. The smallest absolute Gasteiger partial charge is 0.462 e. The highest BCUT2D eigenvalue weighted by Crippen LogP contribution is 2.43. The summed E-state index contributed by atoms with van der Waals surface area (Å²) in [7, 11) is 1.48. The minimum absolute atomic E-state index is 0.0341. The van der Waals surface area contributed by atoms with E-state index >= 15 is 0 Å². The van der Waals surface area contributed by atoms with E-state index < -0.39 is 26.5 Å². The standard InChI is InChI=1S/C40H78NO8P/c1-6-8-10-12-14-16-18-19-20-21-23-25-27-29-31-33-40(43)49-38(37-48-50(44,45)47-35-34-41(3,4)5)36-46-39(42)32-30-28-26-24-22-17-15-13-11-9-7-2/h6,38H,1,7-37H2,2-5H3/p+1/t38-/m1/s1. The van der Waals surface area contributed by atoms with Crippen LogP contribution in [0.1, 0.15) is 180 Å². The van der Waals surface area contributed by atoms with Crippen molar-refractivity contribution in [1.29, 1.82) is 0 Å². The zero-order valence-electron chi connectivity index (χ0n) is 33.0. The van der Waals surface area contributed by atoms with Crippen molar-refractivity contribution in [1.82, 2.24) is 0 Å². The molecule has 0 rings (SSSR count). The third-order valence-corrected chi connectivity index (χ3v) is 9.93. The van der Waals surface area contributed by atoms with Crippen LogP contribution in [0.4, 0.5) is 0 Å². The van der Waals surface area contributed by atoms with Gasteiger partial charge in [0.15, 0.2) is 6.10 Å². The number of unbranched alkanes of at least 4 members (excludes halogenated alkanes) is 23. The number of likely N-dealkylation sites (N-methyl/N-ethyl adjacent to an activating group) is 1. The van der Waals surface area contributed by atoms with Crippen LogP contribution in [0.5, 0.6) is 0 Å². The Bertz CT molecular complexity index is 863. The van der Waals surface area contributed by atoms with Gasteiger partial charge in [-0.3, -0.25) is 18.6 Å². The molecule has 10 heteroatoms. The first-order valence-electron chi connectivity index (χ1n) is 20.4. The lowest BCUT2D eigenvalue weighted by Crippen LogP contribution is -2.37. The molecule has 0 aromatic heterocycles. The summed E-state index contributed by atoms with van der Waals surface area (Å²) in [5, 5.41) is 0. The summed E-state index contributed by atoms with van der Waals surface area (Å²) in [5.74, 6) is -0.796. The van der Waals surface area contributed by atoms with Gasteiger partial charge in [-0.2, -0.15) is 0 Å². The Morgan fingerprint density at radius 1 is 0.640 bits per heavy atom. The van der Waals surface area contributed by atoms with E-state index in [1.165, 1.54) is 116 Å². The molecule has 0 amide bonds. The monoisotopic (exact) mass is 733 g/mol. The highest BCUT2D eigenvalue weighted by Gasteiger charge is 2.27. The summed E-state index contributed by atoms with van der Waals surface area (Å²) in [6, 6.07) is 0. The van der Waals surface area contributed by atoms with Gasteiger partial charge >= 0.3 is 19.8 Å². The quantitative estimate of drug-likeness (QED) is 0.0220. The lowest BCUT2D eigenvalue weighted by Gasteiger charge is -2.24. The summed E-state index contributed by atoms with van der Waals surface area (Å²) in [5.41, 5.74) is 0. The molecule has 0 heterocycles. The van der Waals surface area contributed by atoms with Gasteiger partial charge < -0.3 is 18.9 Å². The van der Waals surface area contributed by atoms with Crippen LogP contribution in [0.15, 0.2) is 12.7 Å². The third kappa shape index (κ3) is 36.5. The average molecular weight is 733 g/mol. The molecule has 2 atom stereocenters. The number of hydrogen-bond donors (Lipinski definition) is 1. The second-order valence-corrected chi connectivity index (χ2v) is 16.6. The van der Waals surface area contributed by atoms with Crippen molar-refractivity contribution in [3.63, 3.8) is 0 Å². The van der Waals surface area contributed by atoms with Crippen LogP contribution in [0, 0.1) is 0 Å². The normalized spacial score (nSPS) is 13.5. The molecule has 0 radical (unpaired) electrons. The second kappa shape index (κ2) is 33.6. The first-order valence-corrected chi connectivity index (χ1v) is 21.9. The zero-order valence-corrected chi connectivity index (χ0v) is 33.9. The van der Waals surface area contributed by atoms with E-state index in [1.807, 2.05) is 27.2 Å². The lowest BCUT2D eigenvalue weighted by molar-refractivity contribution is -0.870. The largest absolute Gasteiger partial charge is 0.472 e. The van der Waals surface area contributed by atoms with Gasteiger partial charge in [-0.05, 0) is 25.7 Å². The average Bonchev–Trinajstić information content (AvgIpc) is 3.06. The van der Waals surface area contributed by atoms with Gasteiger partial charge in [-0.1, -0.05) is 148 Å². The number of phosphoric ester groups is 1. The molecular formula is C40H79NO8P+. The lowest BCUT2D eigenvalue weighted by atomic mass is 10.0. The van der Waals surface area contributed by atoms with E-state index in [0.717, 1.165) is 38.5 Å². The highest BCUT2D eigenvalue weighted by molar-refractivity contribution is 7.47. The van der Waals surface area contributed by atoms with Crippen molar-refractivity contribution in [3.05, 3.63) is 12.7 Å². The van der Waals surface area contributed by atoms with E-state index in [-0.39, 0.29) is 25.6 Å². The number of phosphoric acid groups is 1. The molecule has 0 bridgehead atoms. The fourth-order valence-electron chi connectivity index (χ4n) is 5.70. The predicted molar refractivity (Wildman–Crippen MR) is 206 cm³/mol. The molecule has 0 aliphatic heterocycles. The van der Waals surface area contributed by atoms with Gasteiger partial charge in [0.1, 0.15) is 19.8 Å². The van der Waals surface area contributed by atoms with Crippen LogP contribution in [-0.2, 0) is 32.7 Å². The molecule has 0 aliphatic carbocycles. The number of quaternary nitrogens is 1. The van der Waals surface area contributed by atoms with Gasteiger partial charge in [0.05, 0.1) is 27.7 Å². The van der Waals surface area contributed by atoms with Crippen molar-refractivity contribution in [2.75, 3.05) is 47.5 Å². The molecule has 0 aromatic carbocycles. The maximum atomic E-state index is 12.6. The van der Waals surface area contributed by atoms with Crippen molar-refractivity contribution in [2.24, 2.45) is 0 Å². The molecular weight excluding hydrogens is 653 g/mol. The van der Waals surface area contributed by atoms with E-state index in [1.54, 1.807) is 0 Å². The summed E-state index contributed by atoms with van der Waals surface area (Å²) >= 11 is 0. The maximum absolute atomic E-state index is 12.6. The minimum atomic E-state index is -4.36. The van der Waals surface area contributed by atoms with Crippen molar-refractivity contribution < 1.29 is 42.1 Å². The molecule has 1 unspecified atom stereocenters. The number of hydrogen-bond acceptors (Lipinski definition) is 7. The van der Waals surface area contributed by atoms with Crippen molar-refractivity contribution >= 4 is 19.8 Å². The second-order valence-electron chi connectivity index (χ2n) is 15.1. The summed E-state index contributed by atoms with van der Waals surface area (Å²) in [4.78, 5) is 35.2. The molecule has 296 valence electrons. The molecule has 0 fully saturated rings. The predicted octanol–water partition coefficient (Wildman–Crippen LogP) is 11.0. The molecule has 9 nitrogen and oxygen atoms in total. The van der Waals surface area contributed by atoms with Gasteiger partial charge in [0.25, 0.3) is 0 Å². The number of nitrogens with zero attached hydrogens (tertiary/aromatic N) is 1. The Balaban J connectivity index is 4.36. The number of rotatable bonds is 38. The van der Waals surface area contributed by atoms with Crippen LogP contribution in [0.3, 0.4) is 0 Å². The van der Waals surface area contributed by atoms with Crippen LogP contribution < -0.4 is 0 Å². The molecule has 0 spiro atoms. The Labute approximate surface area is 307 Å². The Morgan fingerprint density at radius 2 is 1.06 bits per heavy atom. The SMILES string of the molecule is C=CCCCCCCCCCCCCCCCC(=O)O[C@H](COC(=O)CCCCCCCCCCCCC)COP(=O)(O)OCC[N+](C)(C)C. The first kappa shape index (κ1) is 48.8. The summed E-state index contributed by atoms with van der Waals surface area (Å²) in [6.07, 6.45) is 31.4. The number of esters is 2. The number of ether oxygens (including phenoxy) is 2. The first-order chi connectivity index (χ1) is 24.0. The van der Waals surface area contributed by atoms with Crippen molar-refractivity contribution in [3.8, 4) is 0 Å². The van der Waals surface area contributed by atoms with E-state index in [4.69, 9.17) is 18.5 Å². The van der Waals surface area contributed by atoms with E-state index in [9.17, 15) is 19.0 Å². The van der Waals surface area contributed by atoms with Crippen LogP contribution in [-0.4, -0.2) is 74.9 Å². The molecule has 1 N–H and O–H groups in total. The minimum Gasteiger partial charge on any atom is -0.462 e. The summed E-state index contributed by atoms with van der Waals surface area (Å²) in [6.45, 7) is 5.94. The molecule has 0 aromatic rings. The molecule has 0 aliphatic rings. The van der Waals surface area contributed by atoms with Gasteiger partial charge in [0, 0.05) is 12.8 Å². The van der Waals surface area contributed by atoms with Gasteiger partial charge in [-0.25, -0.2) is 4.57 Å². The number of allylic oxidation sites excluding steroid dienone is 1. The third-order valence-electron chi connectivity index (χ3n) is 8.94. The fourth-order valence-corrected chi connectivity index (χ4v) is 6.44. The van der Waals surface area contributed by atoms with Crippen LogP contribution in [0.2, 0.25) is 0 Å².